The van der Waals surface area contributed by atoms with E-state index in [1.54, 1.807) is 34.2 Å². The van der Waals surface area contributed by atoms with Crippen LogP contribution < -0.4 is 4.90 Å². The molecule has 1 aliphatic heterocycles. The molecule has 0 spiro atoms. The molecule has 0 N–H and O–H groups in total. The Morgan fingerprint density at radius 3 is 2.68 bits per heavy atom. The normalized spacial score (nSPS) is 19.7. The molecule has 1 saturated heterocycles. The average molecular weight is 349 g/mol. The van der Waals surface area contributed by atoms with Crippen LogP contribution in [0.3, 0.4) is 0 Å². The maximum Gasteiger partial charge on any atom is 0.276 e. The van der Waals surface area contributed by atoms with Crippen molar-refractivity contribution in [2.24, 2.45) is 5.92 Å². The SMILES string of the molecule is Cc1cnn(-c2ccncc2N2CCC(C(=O)N(C)C)C(F)(F)C2)c1. The third kappa shape index (κ3) is 3.33. The van der Waals surface area contributed by atoms with E-state index in [-0.39, 0.29) is 6.42 Å². The minimum atomic E-state index is -3.10. The Labute approximate surface area is 145 Å². The van der Waals surface area contributed by atoms with Gasteiger partial charge < -0.3 is 9.80 Å². The van der Waals surface area contributed by atoms with Crippen LogP contribution in [0.2, 0.25) is 0 Å². The molecule has 0 saturated carbocycles. The monoisotopic (exact) mass is 349 g/mol. The third-order valence-corrected chi connectivity index (χ3v) is 4.41. The number of rotatable bonds is 3. The first-order chi connectivity index (χ1) is 11.8. The van der Waals surface area contributed by atoms with E-state index in [4.69, 9.17) is 0 Å². The summed E-state index contributed by atoms with van der Waals surface area (Å²) < 4.78 is 30.9. The number of amides is 1. The Morgan fingerprint density at radius 1 is 1.32 bits per heavy atom. The molecule has 1 amide bonds. The van der Waals surface area contributed by atoms with Gasteiger partial charge in [0.15, 0.2) is 0 Å². The Kier molecular flexibility index (Phi) is 4.45. The van der Waals surface area contributed by atoms with Gasteiger partial charge in [0.1, 0.15) is 5.92 Å². The molecule has 2 aromatic rings. The number of anilines is 1. The summed E-state index contributed by atoms with van der Waals surface area (Å²) in [6, 6.07) is 1.75. The summed E-state index contributed by atoms with van der Waals surface area (Å²) in [6.07, 6.45) is 6.81. The zero-order chi connectivity index (χ0) is 18.2. The van der Waals surface area contributed by atoms with Crippen molar-refractivity contribution in [3.8, 4) is 5.69 Å². The number of hydrogen-bond acceptors (Lipinski definition) is 4. The molecule has 0 bridgehead atoms. The molecule has 3 rings (SSSR count). The number of carbonyl (C=O) groups excluding carboxylic acids is 1. The van der Waals surface area contributed by atoms with Gasteiger partial charge >= 0.3 is 0 Å². The molecule has 1 unspecified atom stereocenters. The van der Waals surface area contributed by atoms with Crippen LogP contribution in [0, 0.1) is 12.8 Å². The van der Waals surface area contributed by atoms with Gasteiger partial charge in [0.25, 0.3) is 5.92 Å². The van der Waals surface area contributed by atoms with Crippen LogP contribution in [0.1, 0.15) is 12.0 Å². The zero-order valence-corrected chi connectivity index (χ0v) is 14.5. The van der Waals surface area contributed by atoms with E-state index in [9.17, 15) is 13.6 Å². The van der Waals surface area contributed by atoms with Crippen molar-refractivity contribution in [3.05, 3.63) is 36.4 Å². The lowest BCUT2D eigenvalue weighted by Crippen LogP contribution is -2.53. The van der Waals surface area contributed by atoms with Crippen molar-refractivity contribution < 1.29 is 13.6 Å². The fourth-order valence-corrected chi connectivity index (χ4v) is 3.12. The second-order valence-electron chi connectivity index (χ2n) is 6.58. The quantitative estimate of drug-likeness (QED) is 0.852. The predicted octanol–water partition coefficient (Wildman–Crippen LogP) is 2.13. The van der Waals surface area contributed by atoms with Gasteiger partial charge in [-0.05, 0) is 25.0 Å². The molecule has 1 aliphatic rings. The van der Waals surface area contributed by atoms with Crippen LogP contribution in [0.15, 0.2) is 30.9 Å². The summed E-state index contributed by atoms with van der Waals surface area (Å²) in [5, 5.41) is 4.26. The molecule has 6 nitrogen and oxygen atoms in total. The number of hydrogen-bond donors (Lipinski definition) is 0. The van der Waals surface area contributed by atoms with Gasteiger partial charge in [-0.1, -0.05) is 0 Å². The maximum absolute atomic E-state index is 14.6. The van der Waals surface area contributed by atoms with E-state index in [1.807, 2.05) is 13.1 Å². The number of aromatic nitrogens is 3. The smallest absolute Gasteiger partial charge is 0.276 e. The molecule has 0 radical (unpaired) electrons. The van der Waals surface area contributed by atoms with Gasteiger partial charge in [-0.2, -0.15) is 5.10 Å². The number of pyridine rings is 1. The summed E-state index contributed by atoms with van der Waals surface area (Å²) in [4.78, 5) is 18.9. The molecular formula is C17H21F2N5O. The second kappa shape index (κ2) is 6.42. The van der Waals surface area contributed by atoms with E-state index in [1.165, 1.54) is 19.0 Å². The van der Waals surface area contributed by atoms with Crippen LogP contribution in [0.25, 0.3) is 5.69 Å². The highest BCUT2D eigenvalue weighted by Crippen LogP contribution is 2.37. The van der Waals surface area contributed by atoms with Crippen molar-refractivity contribution in [1.82, 2.24) is 19.7 Å². The highest BCUT2D eigenvalue weighted by atomic mass is 19.3. The number of alkyl halides is 2. The fourth-order valence-electron chi connectivity index (χ4n) is 3.12. The first kappa shape index (κ1) is 17.3. The molecule has 25 heavy (non-hydrogen) atoms. The second-order valence-corrected chi connectivity index (χ2v) is 6.58. The highest BCUT2D eigenvalue weighted by Gasteiger charge is 2.49. The van der Waals surface area contributed by atoms with Crippen molar-refractivity contribution in [3.63, 3.8) is 0 Å². The number of halogens is 2. The van der Waals surface area contributed by atoms with Gasteiger partial charge in [-0.25, -0.2) is 13.5 Å². The topological polar surface area (TPSA) is 54.3 Å². The van der Waals surface area contributed by atoms with Crippen LogP contribution in [0.5, 0.6) is 0 Å². The van der Waals surface area contributed by atoms with E-state index in [0.717, 1.165) is 5.56 Å². The molecular weight excluding hydrogens is 328 g/mol. The summed E-state index contributed by atoms with van der Waals surface area (Å²) in [5.74, 6) is -4.92. The van der Waals surface area contributed by atoms with Crippen LogP contribution >= 0.6 is 0 Å². The van der Waals surface area contributed by atoms with E-state index >= 15 is 0 Å². The Morgan fingerprint density at radius 2 is 2.08 bits per heavy atom. The lowest BCUT2D eigenvalue weighted by atomic mass is 9.91. The molecule has 8 heteroatoms. The number of aryl methyl sites for hydroxylation is 1. The Balaban J connectivity index is 1.89. The zero-order valence-electron chi connectivity index (χ0n) is 14.5. The molecule has 1 atom stereocenters. The maximum atomic E-state index is 14.6. The first-order valence-electron chi connectivity index (χ1n) is 8.09. The lowest BCUT2D eigenvalue weighted by Gasteiger charge is -2.39. The van der Waals surface area contributed by atoms with Crippen LogP contribution in [-0.2, 0) is 4.79 Å². The molecule has 3 heterocycles. The van der Waals surface area contributed by atoms with Crippen molar-refractivity contribution in [1.29, 1.82) is 0 Å². The van der Waals surface area contributed by atoms with Crippen molar-refractivity contribution >= 4 is 11.6 Å². The number of nitrogens with zero attached hydrogens (tertiary/aromatic N) is 5. The highest BCUT2D eigenvalue weighted by molar-refractivity contribution is 5.80. The Bertz CT molecular complexity index is 774. The summed E-state index contributed by atoms with van der Waals surface area (Å²) in [5.41, 5.74) is 2.25. The standard InChI is InChI=1S/C17H21F2N5O/c1-12-8-21-24(10-12)14-4-6-20-9-15(14)23-7-5-13(16(25)22(2)3)17(18,19)11-23/h4,6,8-10,13H,5,7,11H2,1-3H3. The summed E-state index contributed by atoms with van der Waals surface area (Å²) in [6.45, 7) is 1.76. The summed E-state index contributed by atoms with van der Waals surface area (Å²) >= 11 is 0. The lowest BCUT2D eigenvalue weighted by molar-refractivity contribution is -0.149. The minimum absolute atomic E-state index is 0.0937. The van der Waals surface area contributed by atoms with Crippen molar-refractivity contribution in [2.75, 3.05) is 32.1 Å². The third-order valence-electron chi connectivity index (χ3n) is 4.41. The minimum Gasteiger partial charge on any atom is -0.362 e. The molecule has 2 aromatic heterocycles. The van der Waals surface area contributed by atoms with E-state index in [2.05, 4.69) is 10.1 Å². The predicted molar refractivity (Wildman–Crippen MR) is 90.1 cm³/mol. The van der Waals surface area contributed by atoms with Crippen LogP contribution in [0.4, 0.5) is 14.5 Å². The largest absolute Gasteiger partial charge is 0.362 e. The molecule has 0 aliphatic carbocycles. The van der Waals surface area contributed by atoms with Gasteiger partial charge in [0, 0.05) is 33.0 Å². The molecule has 0 aromatic carbocycles. The van der Waals surface area contributed by atoms with Crippen LogP contribution in [-0.4, -0.2) is 58.7 Å². The van der Waals surface area contributed by atoms with E-state index < -0.39 is 24.3 Å². The molecule has 1 fully saturated rings. The van der Waals surface area contributed by atoms with Gasteiger partial charge in [-0.15, -0.1) is 0 Å². The van der Waals surface area contributed by atoms with Gasteiger partial charge in [-0.3, -0.25) is 9.78 Å². The first-order valence-corrected chi connectivity index (χ1v) is 8.09. The average Bonchev–Trinajstić information content (AvgIpc) is 2.99. The fraction of sp³-hybridized carbons (Fsp3) is 0.471. The number of carbonyl (C=O) groups is 1. The Hall–Kier alpha value is -2.51. The van der Waals surface area contributed by atoms with E-state index in [0.29, 0.717) is 17.9 Å². The summed E-state index contributed by atoms with van der Waals surface area (Å²) in [7, 11) is 3.01. The molecule has 134 valence electrons. The number of piperidine rings is 1. The van der Waals surface area contributed by atoms with Crippen molar-refractivity contribution in [2.45, 2.75) is 19.3 Å². The van der Waals surface area contributed by atoms with Gasteiger partial charge in [0.05, 0.1) is 30.3 Å². The van der Waals surface area contributed by atoms with Gasteiger partial charge in [0.2, 0.25) is 5.91 Å².